The Morgan fingerprint density at radius 2 is 2.08 bits per heavy atom. The van der Waals surface area contributed by atoms with Gasteiger partial charge in [0.25, 0.3) is 0 Å². The lowest BCUT2D eigenvalue weighted by molar-refractivity contribution is -0.137. The molecule has 126 valence electrons. The number of likely N-dealkylation sites (tertiary alicyclic amines) is 1. The number of aliphatic hydroxyl groups is 1. The number of Topliss-reactive ketones (excluding diaryl/α,β-unsaturated/α-hetero) is 1. The van der Waals surface area contributed by atoms with E-state index < -0.39 is 23.4 Å². The summed E-state index contributed by atoms with van der Waals surface area (Å²) in [5, 5.41) is 12.6. The normalized spacial score (nSPS) is 34.8. The Morgan fingerprint density at radius 1 is 1.33 bits per heavy atom. The van der Waals surface area contributed by atoms with Crippen LogP contribution in [0.2, 0.25) is 0 Å². The Kier molecular flexibility index (Phi) is 3.28. The van der Waals surface area contributed by atoms with Gasteiger partial charge in [-0.05, 0) is 25.0 Å². The number of hydrogen-bond donors (Lipinski definition) is 2. The van der Waals surface area contributed by atoms with Crippen molar-refractivity contribution in [3.63, 3.8) is 0 Å². The lowest BCUT2D eigenvalue weighted by Crippen LogP contribution is -2.44. The number of ketones is 1. The Hall–Kier alpha value is -2.21. The number of rotatable bonds is 1. The van der Waals surface area contributed by atoms with Gasteiger partial charge in [-0.2, -0.15) is 0 Å². The van der Waals surface area contributed by atoms with Crippen LogP contribution in [0.3, 0.4) is 0 Å². The standard InChI is InChI=1S/C18H20N2O4/c1-18-13(14(18)17(24)20-8-4-5-10(21)9-20)16(23)19-12-7-3-2-6-11(12)15(18)22/h2-3,6-7,10,13-14,21H,4-5,8-9H2,1H3,(H,19,23)/t10-,13-,14+,18+/m1/s1. The number of fused-ring (bicyclic) bond motifs is 2. The fraction of sp³-hybridized carbons (Fsp3) is 0.500. The maximum absolute atomic E-state index is 13.0. The third-order valence-corrected chi connectivity index (χ3v) is 5.69. The predicted octanol–water partition coefficient (Wildman–Crippen LogP) is 1.06. The molecule has 3 aliphatic rings. The minimum atomic E-state index is -0.990. The summed E-state index contributed by atoms with van der Waals surface area (Å²) in [5.41, 5.74) is -0.0127. The first-order valence-corrected chi connectivity index (χ1v) is 8.36. The molecule has 4 atom stereocenters. The maximum atomic E-state index is 13.0. The van der Waals surface area contributed by atoms with Crippen molar-refractivity contribution < 1.29 is 19.5 Å². The number of β-amino-alcohol motifs (C(OH)–C–C–N with tert-alkyl or cyclic N) is 1. The quantitative estimate of drug-likeness (QED) is 0.807. The van der Waals surface area contributed by atoms with Gasteiger partial charge in [-0.3, -0.25) is 14.4 Å². The van der Waals surface area contributed by atoms with E-state index in [4.69, 9.17) is 0 Å². The molecule has 0 spiro atoms. The molecule has 1 aromatic rings. The lowest BCUT2D eigenvalue weighted by Gasteiger charge is -2.30. The SMILES string of the molecule is C[C@]12C(=O)c3ccccc3NC(=O)[C@H]1[C@H]2C(=O)N1CCC[C@@H](O)C1. The molecule has 1 saturated carbocycles. The largest absolute Gasteiger partial charge is 0.391 e. The summed E-state index contributed by atoms with van der Waals surface area (Å²) in [6.07, 6.45) is 0.899. The second-order valence-electron chi connectivity index (χ2n) is 7.18. The van der Waals surface area contributed by atoms with Crippen LogP contribution < -0.4 is 5.32 Å². The van der Waals surface area contributed by atoms with Crippen LogP contribution in [0, 0.1) is 17.3 Å². The number of nitrogens with one attached hydrogen (secondary N) is 1. The van der Waals surface area contributed by atoms with Crippen LogP contribution in [0.5, 0.6) is 0 Å². The number of amides is 2. The second kappa shape index (κ2) is 5.14. The first-order valence-electron chi connectivity index (χ1n) is 8.36. The number of benzene rings is 1. The van der Waals surface area contributed by atoms with Gasteiger partial charge in [0.05, 0.1) is 29.0 Å². The Labute approximate surface area is 139 Å². The van der Waals surface area contributed by atoms with Crippen molar-refractivity contribution in [2.24, 2.45) is 17.3 Å². The molecule has 4 rings (SSSR count). The highest BCUT2D eigenvalue weighted by Gasteiger charge is 2.73. The van der Waals surface area contributed by atoms with Gasteiger partial charge in [0.1, 0.15) is 0 Å². The number of piperidine rings is 1. The number of hydrogen-bond acceptors (Lipinski definition) is 4. The van der Waals surface area contributed by atoms with Crippen LogP contribution in [-0.2, 0) is 9.59 Å². The van der Waals surface area contributed by atoms with Crippen LogP contribution >= 0.6 is 0 Å². The highest BCUT2D eigenvalue weighted by molar-refractivity contribution is 6.19. The number of carbonyl (C=O) groups excluding carboxylic acids is 3. The summed E-state index contributed by atoms with van der Waals surface area (Å²) in [6, 6.07) is 6.92. The molecule has 6 heteroatoms. The number of nitrogens with zero attached hydrogens (tertiary/aromatic N) is 1. The number of anilines is 1. The zero-order valence-corrected chi connectivity index (χ0v) is 13.5. The highest BCUT2D eigenvalue weighted by atomic mass is 16.3. The van der Waals surface area contributed by atoms with Crippen molar-refractivity contribution >= 4 is 23.3 Å². The van der Waals surface area contributed by atoms with Crippen molar-refractivity contribution in [3.8, 4) is 0 Å². The first-order chi connectivity index (χ1) is 11.4. The van der Waals surface area contributed by atoms with E-state index in [0.29, 0.717) is 24.2 Å². The van der Waals surface area contributed by atoms with Crippen molar-refractivity contribution in [1.82, 2.24) is 4.90 Å². The van der Waals surface area contributed by atoms with Crippen LogP contribution in [0.25, 0.3) is 0 Å². The minimum absolute atomic E-state index is 0.155. The van der Waals surface area contributed by atoms with E-state index in [0.717, 1.165) is 6.42 Å². The maximum Gasteiger partial charge on any atom is 0.229 e. The third kappa shape index (κ3) is 2.02. The molecule has 2 fully saturated rings. The lowest BCUT2D eigenvalue weighted by atomic mass is 9.92. The van der Waals surface area contributed by atoms with Crippen LogP contribution in [0.1, 0.15) is 30.1 Å². The van der Waals surface area contributed by atoms with Gasteiger partial charge in [0.15, 0.2) is 5.78 Å². The van der Waals surface area contributed by atoms with Gasteiger partial charge < -0.3 is 15.3 Å². The van der Waals surface area contributed by atoms with Gasteiger partial charge in [0.2, 0.25) is 11.8 Å². The highest BCUT2D eigenvalue weighted by Crippen LogP contribution is 2.62. The molecule has 24 heavy (non-hydrogen) atoms. The molecule has 0 aromatic heterocycles. The van der Waals surface area contributed by atoms with Crippen molar-refractivity contribution in [1.29, 1.82) is 0 Å². The van der Waals surface area contributed by atoms with Gasteiger partial charge in [-0.1, -0.05) is 19.1 Å². The molecule has 1 aliphatic carbocycles. The molecule has 2 amide bonds. The molecule has 0 bridgehead atoms. The number of aliphatic hydroxyl groups excluding tert-OH is 1. The van der Waals surface area contributed by atoms with E-state index in [1.807, 2.05) is 0 Å². The van der Waals surface area contributed by atoms with Crippen molar-refractivity contribution in [3.05, 3.63) is 29.8 Å². The summed E-state index contributed by atoms with van der Waals surface area (Å²) in [6.45, 7) is 2.57. The summed E-state index contributed by atoms with van der Waals surface area (Å²) < 4.78 is 0. The van der Waals surface area contributed by atoms with E-state index in [1.54, 1.807) is 36.1 Å². The molecule has 0 radical (unpaired) electrons. The van der Waals surface area contributed by atoms with Gasteiger partial charge in [-0.25, -0.2) is 0 Å². The van der Waals surface area contributed by atoms with Crippen molar-refractivity contribution in [2.75, 3.05) is 18.4 Å². The summed E-state index contributed by atoms with van der Waals surface area (Å²) in [7, 11) is 0. The topological polar surface area (TPSA) is 86.7 Å². The summed E-state index contributed by atoms with van der Waals surface area (Å²) in [5.74, 6) is -1.89. The molecule has 0 unspecified atom stereocenters. The molecule has 2 N–H and O–H groups in total. The molecular formula is C18H20N2O4. The van der Waals surface area contributed by atoms with E-state index in [9.17, 15) is 19.5 Å². The fourth-order valence-corrected chi connectivity index (χ4v) is 4.26. The average molecular weight is 328 g/mol. The molecule has 1 aromatic carbocycles. The van der Waals surface area contributed by atoms with Gasteiger partial charge in [-0.15, -0.1) is 0 Å². The Morgan fingerprint density at radius 3 is 2.83 bits per heavy atom. The monoisotopic (exact) mass is 328 g/mol. The van der Waals surface area contributed by atoms with E-state index >= 15 is 0 Å². The number of carbonyl (C=O) groups is 3. The van der Waals surface area contributed by atoms with Gasteiger partial charge in [0, 0.05) is 18.7 Å². The smallest absolute Gasteiger partial charge is 0.229 e. The average Bonchev–Trinajstić information content (AvgIpc) is 3.22. The van der Waals surface area contributed by atoms with Crippen LogP contribution in [-0.4, -0.2) is 46.8 Å². The summed E-state index contributed by atoms with van der Waals surface area (Å²) in [4.78, 5) is 40.0. The molecule has 2 heterocycles. The molecule has 6 nitrogen and oxygen atoms in total. The van der Waals surface area contributed by atoms with E-state index in [1.165, 1.54) is 0 Å². The van der Waals surface area contributed by atoms with Crippen molar-refractivity contribution in [2.45, 2.75) is 25.9 Å². The third-order valence-electron chi connectivity index (χ3n) is 5.69. The van der Waals surface area contributed by atoms with Gasteiger partial charge >= 0.3 is 0 Å². The minimum Gasteiger partial charge on any atom is -0.391 e. The van der Waals surface area contributed by atoms with E-state index in [-0.39, 0.29) is 24.1 Å². The first kappa shape index (κ1) is 15.3. The second-order valence-corrected chi connectivity index (χ2v) is 7.18. The zero-order chi connectivity index (χ0) is 17.1. The van der Waals surface area contributed by atoms with E-state index in [2.05, 4.69) is 5.32 Å². The molecular weight excluding hydrogens is 308 g/mol. The Bertz CT molecular complexity index is 746. The molecule has 2 aliphatic heterocycles. The predicted molar refractivity (Wildman–Crippen MR) is 86.3 cm³/mol. The summed E-state index contributed by atoms with van der Waals surface area (Å²) >= 11 is 0. The number of para-hydroxylation sites is 1. The molecule has 1 saturated heterocycles. The van der Waals surface area contributed by atoms with Crippen LogP contribution in [0.4, 0.5) is 5.69 Å². The Balaban J connectivity index is 1.66. The van der Waals surface area contributed by atoms with Crippen LogP contribution in [0.15, 0.2) is 24.3 Å². The fourth-order valence-electron chi connectivity index (χ4n) is 4.26. The zero-order valence-electron chi connectivity index (χ0n) is 13.5.